The maximum atomic E-state index is 5.84. The Hall–Kier alpha value is -1.29. The van der Waals surface area contributed by atoms with Gasteiger partial charge in [-0.1, -0.05) is 18.9 Å². The third-order valence-corrected chi connectivity index (χ3v) is 3.56. The fourth-order valence-corrected chi connectivity index (χ4v) is 2.59. The van der Waals surface area contributed by atoms with Crippen molar-refractivity contribution < 1.29 is 4.74 Å². The van der Waals surface area contributed by atoms with E-state index in [0.717, 1.165) is 12.4 Å². The van der Waals surface area contributed by atoms with Gasteiger partial charge >= 0.3 is 0 Å². The van der Waals surface area contributed by atoms with E-state index in [4.69, 9.17) is 10.5 Å². The zero-order valence-corrected chi connectivity index (χ0v) is 11.1. The molecule has 0 spiro atoms. The number of hydrogen-bond acceptors (Lipinski definition) is 4. The normalized spacial score (nSPS) is 23.7. The van der Waals surface area contributed by atoms with Crippen molar-refractivity contribution in [1.29, 1.82) is 0 Å². The van der Waals surface area contributed by atoms with Crippen LogP contribution in [-0.4, -0.2) is 24.2 Å². The quantitative estimate of drug-likeness (QED) is 0.841. The Bertz CT molecular complexity index is 370. The van der Waals surface area contributed by atoms with Crippen molar-refractivity contribution in [2.24, 2.45) is 11.7 Å². The van der Waals surface area contributed by atoms with Crippen LogP contribution in [0.3, 0.4) is 0 Å². The van der Waals surface area contributed by atoms with Gasteiger partial charge in [-0.05, 0) is 38.3 Å². The number of nitrogens with one attached hydrogen (secondary N) is 1. The van der Waals surface area contributed by atoms with Crippen LogP contribution in [0.15, 0.2) is 18.2 Å². The molecule has 2 rings (SSSR count). The molecule has 1 heterocycles. The van der Waals surface area contributed by atoms with Gasteiger partial charge in [-0.25, -0.2) is 0 Å². The third kappa shape index (κ3) is 3.35. The number of nitrogens with two attached hydrogens (primary N) is 1. The second kappa shape index (κ2) is 6.59. The molecule has 1 saturated carbocycles. The Kier molecular flexibility index (Phi) is 4.81. The first-order chi connectivity index (χ1) is 8.83. The lowest BCUT2D eigenvalue weighted by atomic mass is 9.84. The molecular weight excluding hydrogens is 226 g/mol. The lowest BCUT2D eigenvalue weighted by molar-refractivity contribution is 0.323. The molecule has 0 radical (unpaired) electrons. The summed E-state index contributed by atoms with van der Waals surface area (Å²) < 4.78 is 5.41. The topological polar surface area (TPSA) is 60.2 Å². The van der Waals surface area contributed by atoms with Crippen LogP contribution in [0.1, 0.15) is 32.6 Å². The third-order valence-electron chi connectivity index (χ3n) is 3.56. The summed E-state index contributed by atoms with van der Waals surface area (Å²) in [6.07, 6.45) is 4.98. The predicted molar refractivity (Wildman–Crippen MR) is 73.8 cm³/mol. The van der Waals surface area contributed by atoms with Gasteiger partial charge in [0.15, 0.2) is 0 Å². The van der Waals surface area contributed by atoms with Crippen LogP contribution in [0.25, 0.3) is 0 Å². The van der Waals surface area contributed by atoms with Crippen molar-refractivity contribution in [1.82, 2.24) is 4.98 Å². The number of rotatable bonds is 5. The molecule has 0 saturated heterocycles. The second-order valence-corrected chi connectivity index (χ2v) is 4.83. The molecule has 18 heavy (non-hydrogen) atoms. The first kappa shape index (κ1) is 13.1. The molecule has 0 aromatic carbocycles. The highest BCUT2D eigenvalue weighted by molar-refractivity contribution is 5.38. The van der Waals surface area contributed by atoms with Gasteiger partial charge in [0.05, 0.1) is 6.61 Å². The zero-order valence-electron chi connectivity index (χ0n) is 11.1. The molecule has 3 N–H and O–H groups in total. The highest BCUT2D eigenvalue weighted by Gasteiger charge is 2.23. The molecule has 4 nitrogen and oxygen atoms in total. The monoisotopic (exact) mass is 249 g/mol. The van der Waals surface area contributed by atoms with E-state index in [9.17, 15) is 0 Å². The minimum absolute atomic E-state index is 0.452. The van der Waals surface area contributed by atoms with Gasteiger partial charge in [0.25, 0.3) is 0 Å². The highest BCUT2D eigenvalue weighted by Crippen LogP contribution is 2.26. The predicted octanol–water partition coefficient (Wildman–Crippen LogP) is 2.41. The zero-order chi connectivity index (χ0) is 12.8. The molecule has 1 aromatic rings. The number of ether oxygens (including phenoxy) is 1. The minimum atomic E-state index is 0.452. The molecule has 100 valence electrons. The van der Waals surface area contributed by atoms with Gasteiger partial charge in [0.1, 0.15) is 5.82 Å². The second-order valence-electron chi connectivity index (χ2n) is 4.83. The first-order valence-corrected chi connectivity index (χ1v) is 6.90. The average Bonchev–Trinajstić information content (AvgIpc) is 2.40. The highest BCUT2D eigenvalue weighted by atomic mass is 16.5. The van der Waals surface area contributed by atoms with Crippen LogP contribution in [-0.2, 0) is 0 Å². The van der Waals surface area contributed by atoms with Crippen molar-refractivity contribution in [3.8, 4) is 5.88 Å². The van der Waals surface area contributed by atoms with E-state index in [1.54, 1.807) is 0 Å². The van der Waals surface area contributed by atoms with Gasteiger partial charge in [0.2, 0.25) is 5.88 Å². The number of aromatic nitrogens is 1. The lowest BCUT2D eigenvalue weighted by Crippen LogP contribution is -2.36. The van der Waals surface area contributed by atoms with Crippen LogP contribution in [0.2, 0.25) is 0 Å². The summed E-state index contributed by atoms with van der Waals surface area (Å²) in [5, 5.41) is 3.51. The Morgan fingerprint density at radius 1 is 1.39 bits per heavy atom. The van der Waals surface area contributed by atoms with E-state index in [0.29, 0.717) is 24.4 Å². The van der Waals surface area contributed by atoms with E-state index in [1.807, 2.05) is 25.1 Å². The minimum Gasteiger partial charge on any atom is -0.478 e. The Balaban J connectivity index is 2.00. The standard InChI is InChI=1S/C14H23N3O/c1-2-18-14-9-5-8-13(17-14)16-12-7-4-3-6-11(12)10-15/h5,8-9,11-12H,2-4,6-7,10,15H2,1H3,(H,16,17). The van der Waals surface area contributed by atoms with E-state index in [1.165, 1.54) is 25.7 Å². The smallest absolute Gasteiger partial charge is 0.215 e. The number of hydrogen-bond donors (Lipinski definition) is 2. The SMILES string of the molecule is CCOc1cccc(NC2CCCCC2CN)n1. The van der Waals surface area contributed by atoms with Crippen molar-refractivity contribution in [3.63, 3.8) is 0 Å². The largest absolute Gasteiger partial charge is 0.478 e. The van der Waals surface area contributed by atoms with Crippen molar-refractivity contribution in [2.45, 2.75) is 38.6 Å². The summed E-state index contributed by atoms with van der Waals surface area (Å²) in [5.74, 6) is 2.14. The van der Waals surface area contributed by atoms with E-state index >= 15 is 0 Å². The summed E-state index contributed by atoms with van der Waals surface area (Å²) >= 11 is 0. The van der Waals surface area contributed by atoms with Crippen molar-refractivity contribution in [3.05, 3.63) is 18.2 Å². The summed E-state index contributed by atoms with van der Waals surface area (Å²) in [6.45, 7) is 3.36. The molecule has 1 aromatic heterocycles. The summed E-state index contributed by atoms with van der Waals surface area (Å²) in [4.78, 5) is 4.45. The van der Waals surface area contributed by atoms with Crippen LogP contribution < -0.4 is 15.8 Å². The number of anilines is 1. The Morgan fingerprint density at radius 3 is 3.00 bits per heavy atom. The molecule has 2 unspecified atom stereocenters. The Morgan fingerprint density at radius 2 is 2.22 bits per heavy atom. The fourth-order valence-electron chi connectivity index (χ4n) is 2.59. The van der Waals surface area contributed by atoms with Crippen LogP contribution >= 0.6 is 0 Å². The lowest BCUT2D eigenvalue weighted by Gasteiger charge is -2.31. The number of pyridine rings is 1. The molecule has 2 atom stereocenters. The summed E-state index contributed by atoms with van der Waals surface area (Å²) in [5.41, 5.74) is 5.84. The molecule has 1 aliphatic rings. The van der Waals surface area contributed by atoms with Crippen LogP contribution in [0.4, 0.5) is 5.82 Å². The first-order valence-electron chi connectivity index (χ1n) is 6.90. The molecule has 4 heteroatoms. The summed E-state index contributed by atoms with van der Waals surface area (Å²) in [7, 11) is 0. The molecule has 0 bridgehead atoms. The van der Waals surface area contributed by atoms with Gasteiger partial charge in [0, 0.05) is 12.1 Å². The van der Waals surface area contributed by atoms with Gasteiger partial charge in [-0.2, -0.15) is 4.98 Å². The van der Waals surface area contributed by atoms with Gasteiger partial charge < -0.3 is 15.8 Å². The molecular formula is C14H23N3O. The molecule has 0 aliphatic heterocycles. The average molecular weight is 249 g/mol. The van der Waals surface area contributed by atoms with Crippen LogP contribution in [0, 0.1) is 5.92 Å². The Labute approximate surface area is 109 Å². The van der Waals surface area contributed by atoms with E-state index in [2.05, 4.69) is 10.3 Å². The van der Waals surface area contributed by atoms with Gasteiger partial charge in [-0.15, -0.1) is 0 Å². The molecule has 1 aliphatic carbocycles. The molecule has 0 amide bonds. The maximum Gasteiger partial charge on any atom is 0.215 e. The number of nitrogens with zero attached hydrogens (tertiary/aromatic N) is 1. The fraction of sp³-hybridized carbons (Fsp3) is 0.643. The van der Waals surface area contributed by atoms with Gasteiger partial charge in [-0.3, -0.25) is 0 Å². The van der Waals surface area contributed by atoms with E-state index in [-0.39, 0.29) is 0 Å². The van der Waals surface area contributed by atoms with E-state index < -0.39 is 0 Å². The van der Waals surface area contributed by atoms with Crippen molar-refractivity contribution in [2.75, 3.05) is 18.5 Å². The molecule has 1 fully saturated rings. The maximum absolute atomic E-state index is 5.84. The summed E-state index contributed by atoms with van der Waals surface area (Å²) in [6, 6.07) is 6.30. The van der Waals surface area contributed by atoms with Crippen molar-refractivity contribution >= 4 is 5.82 Å². The van der Waals surface area contributed by atoms with Crippen LogP contribution in [0.5, 0.6) is 5.88 Å².